The first kappa shape index (κ1) is 13.0. The SMILES string of the molecule is CC(C)CC(CN)CNCC(C)C1CC1. The molecule has 2 nitrogen and oxygen atoms in total. The Bertz CT molecular complexity index is 164. The van der Waals surface area contributed by atoms with Gasteiger partial charge in [0, 0.05) is 0 Å². The lowest BCUT2D eigenvalue weighted by Crippen LogP contribution is -2.32. The maximum Gasteiger partial charge on any atom is -0.000824 e. The first-order chi connectivity index (χ1) is 7.13. The van der Waals surface area contributed by atoms with Crippen LogP contribution in [0, 0.1) is 23.7 Å². The Morgan fingerprint density at radius 1 is 1.20 bits per heavy atom. The molecule has 0 aromatic heterocycles. The van der Waals surface area contributed by atoms with Gasteiger partial charge in [0.1, 0.15) is 0 Å². The smallest absolute Gasteiger partial charge is 0.000824 e. The Morgan fingerprint density at radius 2 is 1.87 bits per heavy atom. The van der Waals surface area contributed by atoms with Crippen LogP contribution in [-0.2, 0) is 0 Å². The number of rotatable bonds is 8. The van der Waals surface area contributed by atoms with Crippen LogP contribution in [0.1, 0.15) is 40.0 Å². The van der Waals surface area contributed by atoms with E-state index in [9.17, 15) is 0 Å². The van der Waals surface area contributed by atoms with E-state index >= 15 is 0 Å². The highest BCUT2D eigenvalue weighted by Gasteiger charge is 2.27. The molecule has 1 aliphatic rings. The van der Waals surface area contributed by atoms with Crippen molar-refractivity contribution in [1.82, 2.24) is 5.32 Å². The van der Waals surface area contributed by atoms with Gasteiger partial charge in [-0.15, -0.1) is 0 Å². The minimum atomic E-state index is 0.663. The Kier molecular flexibility index (Phi) is 5.62. The Labute approximate surface area is 95.0 Å². The summed E-state index contributed by atoms with van der Waals surface area (Å²) in [6.45, 7) is 10.0. The van der Waals surface area contributed by atoms with Gasteiger partial charge in [-0.2, -0.15) is 0 Å². The normalized spacial score (nSPS) is 20.6. The van der Waals surface area contributed by atoms with Gasteiger partial charge in [-0.05, 0) is 62.6 Å². The lowest BCUT2D eigenvalue weighted by atomic mass is 9.97. The summed E-state index contributed by atoms with van der Waals surface area (Å²) in [5.74, 6) is 3.30. The van der Waals surface area contributed by atoms with Crippen molar-refractivity contribution in [3.05, 3.63) is 0 Å². The molecule has 0 bridgehead atoms. The third-order valence-corrected chi connectivity index (χ3v) is 3.46. The van der Waals surface area contributed by atoms with E-state index in [0.29, 0.717) is 5.92 Å². The van der Waals surface area contributed by atoms with Crippen molar-refractivity contribution in [1.29, 1.82) is 0 Å². The first-order valence-electron chi connectivity index (χ1n) is 6.54. The summed E-state index contributed by atoms with van der Waals surface area (Å²) in [7, 11) is 0. The van der Waals surface area contributed by atoms with E-state index < -0.39 is 0 Å². The summed E-state index contributed by atoms with van der Waals surface area (Å²) in [6.07, 6.45) is 4.16. The molecule has 3 N–H and O–H groups in total. The number of hydrogen-bond acceptors (Lipinski definition) is 2. The van der Waals surface area contributed by atoms with Crippen molar-refractivity contribution in [3.63, 3.8) is 0 Å². The standard InChI is InChI=1S/C13H28N2/c1-10(2)6-12(7-14)9-15-8-11(3)13-4-5-13/h10-13,15H,4-9,14H2,1-3H3. The lowest BCUT2D eigenvalue weighted by molar-refractivity contribution is 0.372. The van der Waals surface area contributed by atoms with Crippen LogP contribution >= 0.6 is 0 Å². The molecule has 15 heavy (non-hydrogen) atoms. The predicted octanol–water partition coefficient (Wildman–Crippen LogP) is 2.24. The molecular formula is C13H28N2. The molecule has 0 aromatic rings. The Morgan fingerprint density at radius 3 is 2.33 bits per heavy atom. The molecule has 0 aliphatic heterocycles. The maximum absolute atomic E-state index is 5.77. The van der Waals surface area contributed by atoms with Crippen LogP contribution in [-0.4, -0.2) is 19.6 Å². The van der Waals surface area contributed by atoms with Crippen molar-refractivity contribution in [2.45, 2.75) is 40.0 Å². The second-order valence-electron chi connectivity index (χ2n) is 5.70. The van der Waals surface area contributed by atoms with E-state index in [1.54, 1.807) is 0 Å². The Balaban J connectivity index is 2.05. The van der Waals surface area contributed by atoms with Gasteiger partial charge in [-0.1, -0.05) is 20.8 Å². The molecule has 2 unspecified atom stereocenters. The quantitative estimate of drug-likeness (QED) is 0.647. The highest BCUT2D eigenvalue weighted by atomic mass is 14.9. The van der Waals surface area contributed by atoms with Crippen molar-refractivity contribution < 1.29 is 0 Å². The predicted molar refractivity (Wildman–Crippen MR) is 66.8 cm³/mol. The fourth-order valence-electron chi connectivity index (χ4n) is 2.28. The molecule has 1 fully saturated rings. The average Bonchev–Trinajstić information content (AvgIpc) is 2.98. The zero-order chi connectivity index (χ0) is 11.3. The van der Waals surface area contributed by atoms with Crippen LogP contribution in [0.15, 0.2) is 0 Å². The number of nitrogens with one attached hydrogen (secondary N) is 1. The van der Waals surface area contributed by atoms with Gasteiger partial charge < -0.3 is 11.1 Å². The van der Waals surface area contributed by atoms with E-state index in [4.69, 9.17) is 5.73 Å². The van der Waals surface area contributed by atoms with Gasteiger partial charge in [-0.25, -0.2) is 0 Å². The van der Waals surface area contributed by atoms with Crippen LogP contribution in [0.4, 0.5) is 0 Å². The first-order valence-corrected chi connectivity index (χ1v) is 6.54. The molecular weight excluding hydrogens is 184 g/mol. The van der Waals surface area contributed by atoms with E-state index in [1.807, 2.05) is 0 Å². The van der Waals surface area contributed by atoms with Crippen molar-refractivity contribution >= 4 is 0 Å². The Hall–Kier alpha value is -0.0800. The fraction of sp³-hybridized carbons (Fsp3) is 1.00. The largest absolute Gasteiger partial charge is 0.330 e. The topological polar surface area (TPSA) is 38.0 Å². The van der Waals surface area contributed by atoms with Gasteiger partial charge in [-0.3, -0.25) is 0 Å². The second kappa shape index (κ2) is 6.49. The molecule has 0 aromatic carbocycles. The van der Waals surface area contributed by atoms with E-state index in [2.05, 4.69) is 26.1 Å². The highest BCUT2D eigenvalue weighted by Crippen LogP contribution is 2.36. The summed E-state index contributed by atoms with van der Waals surface area (Å²) in [4.78, 5) is 0. The van der Waals surface area contributed by atoms with E-state index in [0.717, 1.165) is 30.8 Å². The number of nitrogens with two attached hydrogens (primary N) is 1. The molecule has 0 radical (unpaired) electrons. The zero-order valence-electron chi connectivity index (χ0n) is 10.6. The zero-order valence-corrected chi connectivity index (χ0v) is 10.6. The van der Waals surface area contributed by atoms with Crippen LogP contribution < -0.4 is 11.1 Å². The molecule has 1 rings (SSSR count). The van der Waals surface area contributed by atoms with Gasteiger partial charge in [0.15, 0.2) is 0 Å². The fourth-order valence-corrected chi connectivity index (χ4v) is 2.28. The summed E-state index contributed by atoms with van der Waals surface area (Å²) in [5, 5.41) is 3.58. The maximum atomic E-state index is 5.77. The van der Waals surface area contributed by atoms with E-state index in [1.165, 1.54) is 25.8 Å². The third-order valence-electron chi connectivity index (χ3n) is 3.46. The highest BCUT2D eigenvalue weighted by molar-refractivity contribution is 4.80. The third kappa shape index (κ3) is 5.53. The minimum Gasteiger partial charge on any atom is -0.330 e. The molecule has 0 heterocycles. The van der Waals surface area contributed by atoms with E-state index in [-0.39, 0.29) is 0 Å². The summed E-state index contributed by atoms with van der Waals surface area (Å²) in [6, 6.07) is 0. The van der Waals surface area contributed by atoms with Crippen molar-refractivity contribution in [2.75, 3.05) is 19.6 Å². The molecule has 90 valence electrons. The van der Waals surface area contributed by atoms with Crippen LogP contribution in [0.25, 0.3) is 0 Å². The molecule has 2 atom stereocenters. The second-order valence-corrected chi connectivity index (χ2v) is 5.70. The van der Waals surface area contributed by atoms with Crippen LogP contribution in [0.3, 0.4) is 0 Å². The summed E-state index contributed by atoms with van der Waals surface area (Å²) in [5.41, 5.74) is 5.77. The molecule has 1 aliphatic carbocycles. The van der Waals surface area contributed by atoms with Crippen LogP contribution in [0.2, 0.25) is 0 Å². The van der Waals surface area contributed by atoms with Crippen LogP contribution in [0.5, 0.6) is 0 Å². The molecule has 0 saturated heterocycles. The lowest BCUT2D eigenvalue weighted by Gasteiger charge is -2.19. The molecule has 0 amide bonds. The summed E-state index contributed by atoms with van der Waals surface area (Å²) < 4.78 is 0. The molecule has 2 heteroatoms. The van der Waals surface area contributed by atoms with Gasteiger partial charge in [0.2, 0.25) is 0 Å². The van der Waals surface area contributed by atoms with Crippen molar-refractivity contribution in [2.24, 2.45) is 29.4 Å². The molecule has 0 spiro atoms. The average molecular weight is 212 g/mol. The van der Waals surface area contributed by atoms with Crippen molar-refractivity contribution in [3.8, 4) is 0 Å². The van der Waals surface area contributed by atoms with Gasteiger partial charge in [0.05, 0.1) is 0 Å². The van der Waals surface area contributed by atoms with Gasteiger partial charge in [0.25, 0.3) is 0 Å². The number of hydrogen-bond donors (Lipinski definition) is 2. The summed E-state index contributed by atoms with van der Waals surface area (Å²) >= 11 is 0. The monoisotopic (exact) mass is 212 g/mol. The molecule has 1 saturated carbocycles. The van der Waals surface area contributed by atoms with Gasteiger partial charge >= 0.3 is 0 Å². The minimum absolute atomic E-state index is 0.663.